The number of rotatable bonds is 3. The van der Waals surface area contributed by atoms with Gasteiger partial charge in [-0.3, -0.25) is 0 Å². The van der Waals surface area contributed by atoms with Gasteiger partial charge < -0.3 is 5.32 Å². The van der Waals surface area contributed by atoms with Gasteiger partial charge in [-0.05, 0) is 13.0 Å². The number of halogens is 5. The van der Waals surface area contributed by atoms with Gasteiger partial charge >= 0.3 is 6.18 Å². The maximum absolute atomic E-state index is 12.9. The van der Waals surface area contributed by atoms with Crippen molar-refractivity contribution in [2.45, 2.75) is 13.1 Å². The highest BCUT2D eigenvalue weighted by Gasteiger charge is 2.36. The summed E-state index contributed by atoms with van der Waals surface area (Å²) in [6, 6.07) is 3.05. The number of alkyl halides is 3. The molecule has 0 aliphatic rings. The van der Waals surface area contributed by atoms with E-state index in [2.05, 4.69) is 30.5 Å². The summed E-state index contributed by atoms with van der Waals surface area (Å²) in [6.45, 7) is 1.63. The fourth-order valence-corrected chi connectivity index (χ4v) is 2.89. The molecule has 4 rings (SSSR count). The Morgan fingerprint density at radius 2 is 1.89 bits per heavy atom. The van der Waals surface area contributed by atoms with Gasteiger partial charge in [0.2, 0.25) is 0 Å². The molecule has 0 aliphatic carbocycles. The summed E-state index contributed by atoms with van der Waals surface area (Å²) in [5.41, 5.74) is 0.926. The molecule has 0 amide bonds. The van der Waals surface area contributed by atoms with Gasteiger partial charge in [-0.1, -0.05) is 23.2 Å². The van der Waals surface area contributed by atoms with Crippen LogP contribution < -0.4 is 5.32 Å². The van der Waals surface area contributed by atoms with Crippen LogP contribution in [0.15, 0.2) is 30.7 Å². The van der Waals surface area contributed by atoms with Gasteiger partial charge in [0.1, 0.15) is 5.82 Å². The van der Waals surface area contributed by atoms with Crippen LogP contribution in [0.2, 0.25) is 10.0 Å². The molecular formula is C15H9Cl2F3N8. The monoisotopic (exact) mass is 428 g/mol. The predicted molar refractivity (Wildman–Crippen MR) is 95.2 cm³/mol. The highest BCUT2D eigenvalue weighted by atomic mass is 35.5. The lowest BCUT2D eigenvalue weighted by Gasteiger charge is -2.06. The number of pyridine rings is 1. The molecule has 0 spiro atoms. The van der Waals surface area contributed by atoms with Crippen molar-refractivity contribution in [1.82, 2.24) is 34.3 Å². The third kappa shape index (κ3) is 3.45. The molecule has 0 unspecified atom stereocenters. The average molecular weight is 429 g/mol. The highest BCUT2D eigenvalue weighted by molar-refractivity contribution is 6.35. The Hall–Kier alpha value is -2.92. The number of aromatic nitrogens is 7. The minimum absolute atomic E-state index is 0.176. The van der Waals surface area contributed by atoms with Crippen molar-refractivity contribution in [3.05, 3.63) is 52.3 Å². The van der Waals surface area contributed by atoms with E-state index in [9.17, 15) is 13.2 Å². The molecule has 0 saturated heterocycles. The van der Waals surface area contributed by atoms with Crippen LogP contribution >= 0.6 is 23.2 Å². The van der Waals surface area contributed by atoms with Gasteiger partial charge in [0.25, 0.3) is 11.6 Å². The third-order valence-corrected chi connectivity index (χ3v) is 4.04. The molecule has 0 aromatic carbocycles. The Morgan fingerprint density at radius 1 is 1.11 bits per heavy atom. The minimum Gasteiger partial charge on any atom is -0.337 e. The van der Waals surface area contributed by atoms with Crippen molar-refractivity contribution in [3.63, 3.8) is 0 Å². The van der Waals surface area contributed by atoms with Gasteiger partial charge in [0.15, 0.2) is 5.82 Å². The molecule has 0 radical (unpaired) electrons. The second kappa shape index (κ2) is 6.60. The van der Waals surface area contributed by atoms with E-state index in [0.29, 0.717) is 22.2 Å². The molecule has 0 aliphatic heterocycles. The summed E-state index contributed by atoms with van der Waals surface area (Å²) >= 11 is 11.9. The molecule has 144 valence electrons. The molecule has 0 atom stereocenters. The second-order valence-electron chi connectivity index (χ2n) is 5.69. The maximum Gasteiger partial charge on any atom is 0.453 e. The van der Waals surface area contributed by atoms with Crippen LogP contribution in [0.5, 0.6) is 0 Å². The van der Waals surface area contributed by atoms with E-state index in [1.807, 2.05) is 0 Å². The quantitative estimate of drug-likeness (QED) is 0.528. The first-order valence-corrected chi connectivity index (χ1v) is 8.41. The number of fused-ring (bicyclic) bond motifs is 1. The molecule has 28 heavy (non-hydrogen) atoms. The van der Waals surface area contributed by atoms with Crippen molar-refractivity contribution < 1.29 is 13.2 Å². The van der Waals surface area contributed by atoms with E-state index in [0.717, 1.165) is 4.52 Å². The van der Waals surface area contributed by atoms with Crippen LogP contribution in [-0.2, 0) is 6.18 Å². The van der Waals surface area contributed by atoms with Crippen LogP contribution in [0.25, 0.3) is 11.6 Å². The molecule has 4 aromatic heterocycles. The predicted octanol–water partition coefficient (Wildman–Crippen LogP) is 4.08. The van der Waals surface area contributed by atoms with Gasteiger partial charge in [0, 0.05) is 18.0 Å². The number of hydrogen-bond donors (Lipinski definition) is 1. The molecule has 13 heteroatoms. The van der Waals surface area contributed by atoms with E-state index in [1.165, 1.54) is 29.2 Å². The summed E-state index contributed by atoms with van der Waals surface area (Å²) in [5.74, 6) is -0.874. The zero-order valence-electron chi connectivity index (χ0n) is 13.9. The Labute approximate surface area is 165 Å². The highest BCUT2D eigenvalue weighted by Crippen LogP contribution is 2.28. The first-order chi connectivity index (χ1) is 13.2. The van der Waals surface area contributed by atoms with Gasteiger partial charge in [-0.25, -0.2) is 14.6 Å². The molecule has 0 saturated carbocycles. The smallest absolute Gasteiger partial charge is 0.337 e. The Kier molecular flexibility index (Phi) is 4.35. The normalized spacial score (nSPS) is 11.9. The lowest BCUT2D eigenvalue weighted by molar-refractivity contribution is -0.144. The summed E-state index contributed by atoms with van der Waals surface area (Å²) in [7, 11) is 0. The fraction of sp³-hybridized carbons (Fsp3) is 0.133. The summed E-state index contributed by atoms with van der Waals surface area (Å²) < 4.78 is 41.1. The average Bonchev–Trinajstić information content (AvgIpc) is 3.21. The standard InChI is InChI=1S/C15H9Cl2F3N8/c1-7-2-11(28-14(23-7)25-13(26-28)15(18,19)20)24-9-5-22-27(6-9)12-10(17)3-8(16)4-21-12/h2-6,24H,1H3. The molecule has 1 N–H and O–H groups in total. The number of hydrogen-bond acceptors (Lipinski definition) is 6. The van der Waals surface area contributed by atoms with Gasteiger partial charge in [-0.2, -0.15) is 27.8 Å². The van der Waals surface area contributed by atoms with Crippen molar-refractivity contribution in [2.75, 3.05) is 5.32 Å². The Morgan fingerprint density at radius 3 is 2.61 bits per heavy atom. The second-order valence-corrected chi connectivity index (χ2v) is 6.53. The number of nitrogens with one attached hydrogen (secondary N) is 1. The summed E-state index contributed by atoms with van der Waals surface area (Å²) in [4.78, 5) is 11.5. The van der Waals surface area contributed by atoms with Crippen LogP contribution in [0.3, 0.4) is 0 Å². The van der Waals surface area contributed by atoms with Gasteiger partial charge in [-0.15, -0.1) is 5.10 Å². The fourth-order valence-electron chi connectivity index (χ4n) is 2.42. The van der Waals surface area contributed by atoms with Crippen molar-refractivity contribution in [3.8, 4) is 5.82 Å². The Bertz CT molecular complexity index is 1180. The zero-order valence-corrected chi connectivity index (χ0v) is 15.4. The van der Waals surface area contributed by atoms with E-state index >= 15 is 0 Å². The van der Waals surface area contributed by atoms with E-state index < -0.39 is 12.0 Å². The largest absolute Gasteiger partial charge is 0.453 e. The van der Waals surface area contributed by atoms with E-state index in [-0.39, 0.29) is 16.6 Å². The molecule has 0 fully saturated rings. The molecular weight excluding hydrogens is 420 g/mol. The summed E-state index contributed by atoms with van der Waals surface area (Å²) in [5, 5.41) is 11.2. The van der Waals surface area contributed by atoms with Crippen molar-refractivity contribution >= 4 is 40.5 Å². The minimum atomic E-state index is -4.68. The van der Waals surface area contributed by atoms with E-state index in [4.69, 9.17) is 23.2 Å². The lowest BCUT2D eigenvalue weighted by Crippen LogP contribution is -2.08. The third-order valence-electron chi connectivity index (χ3n) is 3.55. The van der Waals surface area contributed by atoms with Crippen LogP contribution in [0.4, 0.5) is 24.7 Å². The van der Waals surface area contributed by atoms with Gasteiger partial charge in [0.05, 0.1) is 28.1 Å². The topological polar surface area (TPSA) is 85.8 Å². The first-order valence-electron chi connectivity index (χ1n) is 7.65. The number of nitrogens with zero attached hydrogens (tertiary/aromatic N) is 7. The first kappa shape index (κ1) is 18.4. The zero-order chi connectivity index (χ0) is 20.1. The van der Waals surface area contributed by atoms with Crippen LogP contribution in [-0.4, -0.2) is 34.3 Å². The van der Waals surface area contributed by atoms with Crippen molar-refractivity contribution in [1.29, 1.82) is 0 Å². The van der Waals surface area contributed by atoms with Crippen molar-refractivity contribution in [2.24, 2.45) is 0 Å². The molecule has 0 bridgehead atoms. The Balaban J connectivity index is 1.71. The summed E-state index contributed by atoms with van der Waals surface area (Å²) in [6.07, 6.45) is -0.247. The molecule has 4 heterocycles. The SMILES string of the molecule is Cc1cc(Nc2cnn(-c3ncc(Cl)cc3Cl)c2)n2nc(C(F)(F)F)nc2n1. The number of anilines is 2. The number of aryl methyl sites for hydroxylation is 1. The van der Waals surface area contributed by atoms with Crippen LogP contribution in [0.1, 0.15) is 11.5 Å². The van der Waals surface area contributed by atoms with Crippen LogP contribution in [0, 0.1) is 6.92 Å². The van der Waals surface area contributed by atoms with E-state index in [1.54, 1.807) is 13.1 Å². The maximum atomic E-state index is 12.9. The molecule has 4 aromatic rings. The molecule has 8 nitrogen and oxygen atoms in total. The lowest BCUT2D eigenvalue weighted by atomic mass is 10.4.